The molecule has 120 valence electrons. The second-order valence-electron chi connectivity index (χ2n) is 6.95. The highest BCUT2D eigenvalue weighted by Crippen LogP contribution is 2.26. The van der Waals surface area contributed by atoms with Gasteiger partial charge in [-0.3, -0.25) is 5.10 Å². The maximum Gasteiger partial charge on any atom is 0.161 e. The largest absolute Gasteiger partial charge is 0.324 e. The van der Waals surface area contributed by atoms with E-state index in [1.165, 1.54) is 23.5 Å². The van der Waals surface area contributed by atoms with Gasteiger partial charge in [-0.25, -0.2) is 4.98 Å². The quantitative estimate of drug-likeness (QED) is 0.892. The van der Waals surface area contributed by atoms with Crippen LogP contribution in [0.5, 0.6) is 0 Å². The van der Waals surface area contributed by atoms with Gasteiger partial charge in [0.2, 0.25) is 0 Å². The van der Waals surface area contributed by atoms with E-state index in [-0.39, 0.29) is 0 Å². The monoisotopic (exact) mass is 301 g/mol. The second-order valence-corrected chi connectivity index (χ2v) is 6.95. The van der Waals surface area contributed by atoms with Crippen molar-refractivity contribution >= 4 is 0 Å². The van der Waals surface area contributed by atoms with E-state index >= 15 is 0 Å². The molecule has 2 aromatic heterocycles. The zero-order chi connectivity index (χ0) is 15.7. The van der Waals surface area contributed by atoms with Gasteiger partial charge in [0.05, 0.1) is 11.4 Å². The number of rotatable bonds is 5. The summed E-state index contributed by atoms with van der Waals surface area (Å²) in [4.78, 5) is 4.95. The molecule has 0 bridgehead atoms. The van der Waals surface area contributed by atoms with Gasteiger partial charge in [-0.15, -0.1) is 0 Å². The highest BCUT2D eigenvalue weighted by Gasteiger charge is 2.22. The average molecular weight is 301 g/mol. The minimum atomic E-state index is 0.458. The molecule has 0 amide bonds. The van der Waals surface area contributed by atoms with Crippen LogP contribution < -0.4 is 5.32 Å². The number of aromatic nitrogens is 4. The third kappa shape index (κ3) is 2.95. The third-order valence-electron chi connectivity index (χ3n) is 4.37. The van der Waals surface area contributed by atoms with Crippen LogP contribution in [0.4, 0.5) is 0 Å². The van der Waals surface area contributed by atoms with Crippen LogP contribution in [0.2, 0.25) is 0 Å². The van der Waals surface area contributed by atoms with Gasteiger partial charge in [0.15, 0.2) is 5.82 Å². The number of fused-ring (bicyclic) bond motifs is 1. The molecule has 3 heterocycles. The first-order valence-corrected chi connectivity index (χ1v) is 8.41. The van der Waals surface area contributed by atoms with Crippen molar-refractivity contribution in [2.75, 3.05) is 6.54 Å². The molecule has 0 spiro atoms. The Morgan fingerprint density at radius 1 is 1.27 bits per heavy atom. The molecular formula is C17H27N5. The van der Waals surface area contributed by atoms with Crippen molar-refractivity contribution in [2.24, 2.45) is 5.92 Å². The smallest absolute Gasteiger partial charge is 0.161 e. The van der Waals surface area contributed by atoms with E-state index in [1.807, 2.05) is 0 Å². The van der Waals surface area contributed by atoms with Crippen molar-refractivity contribution in [1.82, 2.24) is 25.1 Å². The van der Waals surface area contributed by atoms with E-state index in [1.54, 1.807) is 0 Å². The van der Waals surface area contributed by atoms with E-state index in [0.717, 1.165) is 37.6 Å². The van der Waals surface area contributed by atoms with Gasteiger partial charge >= 0.3 is 0 Å². The maximum atomic E-state index is 4.95. The zero-order valence-corrected chi connectivity index (χ0v) is 14.1. The molecule has 22 heavy (non-hydrogen) atoms. The van der Waals surface area contributed by atoms with Gasteiger partial charge in [-0.05, 0) is 30.7 Å². The fourth-order valence-corrected chi connectivity index (χ4v) is 2.94. The van der Waals surface area contributed by atoms with Crippen LogP contribution in [-0.4, -0.2) is 26.3 Å². The summed E-state index contributed by atoms with van der Waals surface area (Å²) in [6.45, 7) is 11.8. The Balaban J connectivity index is 1.96. The average Bonchev–Trinajstić information content (AvgIpc) is 3.10. The Morgan fingerprint density at radius 3 is 2.77 bits per heavy atom. The molecule has 0 aliphatic carbocycles. The Bertz CT molecular complexity index is 636. The van der Waals surface area contributed by atoms with E-state index in [4.69, 9.17) is 4.98 Å². The van der Waals surface area contributed by atoms with Crippen molar-refractivity contribution < 1.29 is 0 Å². The molecule has 5 heteroatoms. The highest BCUT2D eigenvalue weighted by molar-refractivity contribution is 5.53. The van der Waals surface area contributed by atoms with Gasteiger partial charge in [-0.1, -0.05) is 27.7 Å². The lowest BCUT2D eigenvalue weighted by atomic mass is 10.1. The first-order valence-electron chi connectivity index (χ1n) is 8.41. The number of hydrogen-bond donors (Lipinski definition) is 2. The van der Waals surface area contributed by atoms with Crippen LogP contribution in [0.25, 0.3) is 11.5 Å². The van der Waals surface area contributed by atoms with Crippen LogP contribution in [0.3, 0.4) is 0 Å². The second kappa shape index (κ2) is 6.24. The molecule has 0 saturated heterocycles. The minimum Gasteiger partial charge on any atom is -0.324 e. The molecule has 0 radical (unpaired) electrons. The predicted molar refractivity (Wildman–Crippen MR) is 88.8 cm³/mol. The molecule has 2 aromatic rings. The Morgan fingerprint density at radius 2 is 2.09 bits per heavy atom. The molecule has 5 nitrogen and oxygen atoms in total. The summed E-state index contributed by atoms with van der Waals surface area (Å²) in [6, 6.07) is 2.15. The molecule has 0 fully saturated rings. The lowest BCUT2D eigenvalue weighted by Gasteiger charge is -2.18. The van der Waals surface area contributed by atoms with E-state index in [9.17, 15) is 0 Å². The third-order valence-corrected chi connectivity index (χ3v) is 4.37. The summed E-state index contributed by atoms with van der Waals surface area (Å²) in [5.74, 6) is 2.19. The molecule has 0 saturated carbocycles. The number of nitrogens with one attached hydrogen (secondary N) is 2. The van der Waals surface area contributed by atoms with Crippen LogP contribution in [0.15, 0.2) is 6.07 Å². The Kier molecular flexibility index (Phi) is 4.34. The molecule has 0 atom stereocenters. The number of imidazole rings is 1. The van der Waals surface area contributed by atoms with Crippen LogP contribution in [0.1, 0.15) is 57.1 Å². The van der Waals surface area contributed by atoms with Gasteiger partial charge in [0.1, 0.15) is 5.69 Å². The number of aryl methyl sites for hydroxylation is 1. The summed E-state index contributed by atoms with van der Waals surface area (Å²) in [5, 5.41) is 11.1. The van der Waals surface area contributed by atoms with Crippen LogP contribution in [-0.2, 0) is 19.5 Å². The van der Waals surface area contributed by atoms with Crippen molar-refractivity contribution in [1.29, 1.82) is 0 Å². The molecule has 0 unspecified atom stereocenters. The fraction of sp³-hybridized carbons (Fsp3) is 0.647. The Labute approximate surface area is 132 Å². The molecule has 1 aliphatic heterocycles. The lowest BCUT2D eigenvalue weighted by Crippen LogP contribution is -2.28. The number of nitrogens with zero attached hydrogens (tertiary/aromatic N) is 3. The first kappa shape index (κ1) is 15.3. The summed E-state index contributed by atoms with van der Waals surface area (Å²) >= 11 is 0. The molecule has 0 aromatic carbocycles. The highest BCUT2D eigenvalue weighted by atomic mass is 15.2. The maximum absolute atomic E-state index is 4.95. The standard InChI is InChI=1S/C17H27N5/c1-11(2)5-6-13-16-10-18-7-8-22(16)17(19-13)15-9-14(12(3)4)20-21-15/h9,11-12,18H,5-8,10H2,1-4H3,(H,20,21). The lowest BCUT2D eigenvalue weighted by molar-refractivity contribution is 0.511. The summed E-state index contributed by atoms with van der Waals surface area (Å²) in [6.07, 6.45) is 2.23. The van der Waals surface area contributed by atoms with Crippen LogP contribution >= 0.6 is 0 Å². The zero-order valence-electron chi connectivity index (χ0n) is 14.1. The molecule has 3 rings (SSSR count). The number of aromatic amines is 1. The minimum absolute atomic E-state index is 0.458. The van der Waals surface area contributed by atoms with Crippen molar-refractivity contribution in [3.63, 3.8) is 0 Å². The van der Waals surface area contributed by atoms with Gasteiger partial charge in [0.25, 0.3) is 0 Å². The molecule has 2 N–H and O–H groups in total. The summed E-state index contributed by atoms with van der Waals surface area (Å²) in [7, 11) is 0. The van der Waals surface area contributed by atoms with Crippen LogP contribution in [0, 0.1) is 5.92 Å². The summed E-state index contributed by atoms with van der Waals surface area (Å²) < 4.78 is 2.35. The fourth-order valence-electron chi connectivity index (χ4n) is 2.94. The van der Waals surface area contributed by atoms with Crippen molar-refractivity contribution in [3.8, 4) is 11.5 Å². The van der Waals surface area contributed by atoms with Gasteiger partial charge in [-0.2, -0.15) is 5.10 Å². The van der Waals surface area contributed by atoms with E-state index in [0.29, 0.717) is 11.8 Å². The van der Waals surface area contributed by atoms with E-state index < -0.39 is 0 Å². The predicted octanol–water partition coefficient (Wildman–Crippen LogP) is 3.09. The Hall–Kier alpha value is -1.62. The summed E-state index contributed by atoms with van der Waals surface area (Å²) in [5.41, 5.74) is 4.73. The SMILES string of the molecule is CC(C)CCc1nc(-c2cc(C(C)C)[nH]n2)n2c1CNCC2. The van der Waals surface area contributed by atoms with E-state index in [2.05, 4.69) is 53.8 Å². The van der Waals surface area contributed by atoms with Crippen molar-refractivity contribution in [3.05, 3.63) is 23.1 Å². The normalized spacial score (nSPS) is 14.8. The first-order chi connectivity index (χ1) is 10.6. The van der Waals surface area contributed by atoms with Gasteiger partial charge < -0.3 is 9.88 Å². The number of hydrogen-bond acceptors (Lipinski definition) is 3. The molecular weight excluding hydrogens is 274 g/mol. The molecule has 1 aliphatic rings. The topological polar surface area (TPSA) is 58.5 Å². The van der Waals surface area contributed by atoms with Gasteiger partial charge in [0, 0.05) is 25.3 Å². The van der Waals surface area contributed by atoms with Crippen molar-refractivity contribution in [2.45, 2.75) is 59.5 Å². The number of H-pyrrole nitrogens is 1.